The molecule has 0 spiro atoms. The molecule has 0 aliphatic carbocycles. The van der Waals surface area contributed by atoms with Crippen LogP contribution in [0.3, 0.4) is 0 Å². The van der Waals surface area contributed by atoms with E-state index < -0.39 is 24.2 Å². The van der Waals surface area contributed by atoms with E-state index in [0.717, 1.165) is 25.7 Å². The Bertz CT molecular complexity index is 295. The summed E-state index contributed by atoms with van der Waals surface area (Å²) in [7, 11) is 0. The summed E-state index contributed by atoms with van der Waals surface area (Å²) in [6.07, 6.45) is 8.18. The second-order valence-corrected chi connectivity index (χ2v) is 5.58. The number of carbonyl (C=O) groups excluding carboxylic acids is 1. The average molecular weight is 313 g/mol. The van der Waals surface area contributed by atoms with Crippen LogP contribution >= 0.6 is 0 Å². The van der Waals surface area contributed by atoms with Crippen molar-refractivity contribution in [1.29, 1.82) is 0 Å². The van der Waals surface area contributed by atoms with Crippen LogP contribution in [0.15, 0.2) is 0 Å². The summed E-state index contributed by atoms with van der Waals surface area (Å²) in [5.74, 6) is -11.4. The number of amides is 1. The number of hydrogen-bond donors (Lipinski definition) is 1. The van der Waals surface area contributed by atoms with Gasteiger partial charge in [-0.3, -0.25) is 4.79 Å². The molecule has 0 bridgehead atoms. The van der Waals surface area contributed by atoms with Gasteiger partial charge in [0.1, 0.15) is 0 Å². The van der Waals surface area contributed by atoms with E-state index in [4.69, 9.17) is 0 Å². The van der Waals surface area contributed by atoms with Crippen LogP contribution in [0.2, 0.25) is 0 Å². The third kappa shape index (κ3) is 7.67. The second kappa shape index (κ2) is 10.0. The molecule has 0 radical (unpaired) electrons. The molecule has 0 saturated heterocycles. The Morgan fingerprint density at radius 2 is 1.19 bits per heavy atom. The molecule has 2 N–H and O–H groups in total. The van der Waals surface area contributed by atoms with Crippen LogP contribution in [0.25, 0.3) is 0 Å². The first-order chi connectivity index (χ1) is 9.75. The number of carbonyl (C=O) groups is 1. The van der Waals surface area contributed by atoms with Crippen LogP contribution < -0.4 is 5.73 Å². The van der Waals surface area contributed by atoms with Gasteiger partial charge >= 0.3 is 11.8 Å². The Morgan fingerprint density at radius 1 is 0.810 bits per heavy atom. The van der Waals surface area contributed by atoms with E-state index in [1.165, 1.54) is 25.7 Å². The van der Waals surface area contributed by atoms with Gasteiger partial charge in [-0.15, -0.1) is 0 Å². The predicted octanol–water partition coefficient (Wildman–Crippen LogP) is 5.05. The Morgan fingerprint density at radius 3 is 1.57 bits per heavy atom. The maximum Gasteiger partial charge on any atom is 0.385 e. The van der Waals surface area contributed by atoms with Gasteiger partial charge in [-0.05, 0) is 6.42 Å². The molecule has 21 heavy (non-hydrogen) atoms. The third-order valence-electron chi connectivity index (χ3n) is 3.61. The lowest BCUT2D eigenvalue weighted by Gasteiger charge is -2.23. The van der Waals surface area contributed by atoms with E-state index in [-0.39, 0.29) is 6.42 Å². The second-order valence-electron chi connectivity index (χ2n) is 5.58. The smallest absolute Gasteiger partial charge is 0.364 e. The van der Waals surface area contributed by atoms with E-state index in [0.29, 0.717) is 6.42 Å². The molecule has 0 aliphatic heterocycles. The van der Waals surface area contributed by atoms with E-state index in [2.05, 4.69) is 12.7 Å². The number of rotatable bonds is 13. The lowest BCUT2D eigenvalue weighted by atomic mass is 10.0. The standard InChI is InChI=1S/C15H27F4NO/c1-2-3-4-5-6-7-8-9-10-11-12-14(16,17)15(18,19)13(20)21/h2-12H2,1H3,(H2,20,21). The zero-order chi connectivity index (χ0) is 16.4. The molecule has 0 fully saturated rings. The summed E-state index contributed by atoms with van der Waals surface area (Å²) in [6, 6.07) is 0. The topological polar surface area (TPSA) is 43.1 Å². The number of halogens is 4. The number of alkyl halides is 4. The van der Waals surface area contributed by atoms with Gasteiger partial charge in [-0.1, -0.05) is 64.7 Å². The van der Waals surface area contributed by atoms with Crippen molar-refractivity contribution in [3.05, 3.63) is 0 Å². The Hall–Kier alpha value is -0.810. The van der Waals surface area contributed by atoms with Crippen molar-refractivity contribution in [2.75, 3.05) is 0 Å². The number of primary amides is 1. The molecule has 1 amide bonds. The molecule has 126 valence electrons. The van der Waals surface area contributed by atoms with Crippen molar-refractivity contribution >= 4 is 5.91 Å². The molecular weight excluding hydrogens is 286 g/mol. The van der Waals surface area contributed by atoms with Gasteiger partial charge in [0.05, 0.1) is 0 Å². The van der Waals surface area contributed by atoms with Crippen molar-refractivity contribution in [3.63, 3.8) is 0 Å². The first kappa shape index (κ1) is 20.2. The highest BCUT2D eigenvalue weighted by Gasteiger charge is 2.60. The SMILES string of the molecule is CCCCCCCCCCCCC(F)(F)C(F)(F)C(N)=O. The largest absolute Gasteiger partial charge is 0.385 e. The number of hydrogen-bond acceptors (Lipinski definition) is 1. The van der Waals surface area contributed by atoms with E-state index >= 15 is 0 Å². The maximum atomic E-state index is 13.1. The van der Waals surface area contributed by atoms with Crippen molar-refractivity contribution in [3.8, 4) is 0 Å². The summed E-state index contributed by atoms with van der Waals surface area (Å²) < 4.78 is 52.1. The first-order valence-electron chi connectivity index (χ1n) is 7.81. The molecule has 0 rings (SSSR count). The normalized spacial score (nSPS) is 12.6. The first-order valence-corrected chi connectivity index (χ1v) is 7.81. The fraction of sp³-hybridized carbons (Fsp3) is 0.933. The van der Waals surface area contributed by atoms with Gasteiger partial charge in [-0.25, -0.2) is 0 Å². The highest BCUT2D eigenvalue weighted by Crippen LogP contribution is 2.38. The Kier molecular flexibility index (Phi) is 9.62. The van der Waals surface area contributed by atoms with Gasteiger partial charge in [0.2, 0.25) is 0 Å². The fourth-order valence-corrected chi connectivity index (χ4v) is 2.17. The van der Waals surface area contributed by atoms with E-state index in [1.54, 1.807) is 0 Å². The molecule has 0 heterocycles. The minimum atomic E-state index is -4.76. The van der Waals surface area contributed by atoms with Crippen LogP contribution in [0.4, 0.5) is 17.6 Å². The zero-order valence-corrected chi connectivity index (χ0v) is 12.8. The van der Waals surface area contributed by atoms with Gasteiger partial charge < -0.3 is 5.73 Å². The molecule has 2 nitrogen and oxygen atoms in total. The molecule has 0 atom stereocenters. The molecule has 0 aromatic rings. The lowest BCUT2D eigenvalue weighted by Crippen LogP contribution is -2.50. The van der Waals surface area contributed by atoms with Gasteiger partial charge in [0.25, 0.3) is 5.91 Å². The molecule has 0 aromatic heterocycles. The van der Waals surface area contributed by atoms with E-state index in [1.807, 2.05) is 0 Å². The van der Waals surface area contributed by atoms with Crippen molar-refractivity contribution in [2.45, 2.75) is 89.4 Å². The fourth-order valence-electron chi connectivity index (χ4n) is 2.17. The highest BCUT2D eigenvalue weighted by molar-refractivity contribution is 5.82. The van der Waals surface area contributed by atoms with E-state index in [9.17, 15) is 22.4 Å². The van der Waals surface area contributed by atoms with Gasteiger partial charge in [0.15, 0.2) is 0 Å². The maximum absolute atomic E-state index is 13.1. The molecule has 0 unspecified atom stereocenters. The molecule has 6 heteroatoms. The van der Waals surface area contributed by atoms with Crippen LogP contribution in [0.1, 0.15) is 77.6 Å². The average Bonchev–Trinajstić information content (AvgIpc) is 2.40. The summed E-state index contributed by atoms with van der Waals surface area (Å²) in [5.41, 5.74) is 4.31. The third-order valence-corrected chi connectivity index (χ3v) is 3.61. The summed E-state index contributed by atoms with van der Waals surface area (Å²) in [6.45, 7) is 2.15. The van der Waals surface area contributed by atoms with Crippen LogP contribution in [0.5, 0.6) is 0 Å². The van der Waals surface area contributed by atoms with Crippen molar-refractivity contribution in [2.24, 2.45) is 5.73 Å². The van der Waals surface area contributed by atoms with Crippen LogP contribution in [-0.2, 0) is 4.79 Å². The van der Waals surface area contributed by atoms with Crippen LogP contribution in [0, 0.1) is 0 Å². The molecule has 0 aromatic carbocycles. The Labute approximate surface area is 124 Å². The molecular formula is C15H27F4NO. The molecule has 0 saturated carbocycles. The molecule has 0 aliphatic rings. The summed E-state index contributed by atoms with van der Waals surface area (Å²) in [5, 5.41) is 0. The summed E-state index contributed by atoms with van der Waals surface area (Å²) >= 11 is 0. The number of nitrogens with two attached hydrogens (primary N) is 1. The van der Waals surface area contributed by atoms with Gasteiger partial charge in [0, 0.05) is 6.42 Å². The van der Waals surface area contributed by atoms with Crippen molar-refractivity contribution in [1.82, 2.24) is 0 Å². The van der Waals surface area contributed by atoms with Crippen molar-refractivity contribution < 1.29 is 22.4 Å². The highest BCUT2D eigenvalue weighted by atomic mass is 19.3. The van der Waals surface area contributed by atoms with Gasteiger partial charge in [-0.2, -0.15) is 17.6 Å². The lowest BCUT2D eigenvalue weighted by molar-refractivity contribution is -0.210. The number of unbranched alkanes of at least 4 members (excludes halogenated alkanes) is 9. The summed E-state index contributed by atoms with van der Waals surface area (Å²) in [4.78, 5) is 10.3. The Balaban J connectivity index is 3.65. The quantitative estimate of drug-likeness (QED) is 0.375. The zero-order valence-electron chi connectivity index (χ0n) is 12.8. The minimum Gasteiger partial charge on any atom is -0.364 e. The predicted molar refractivity (Wildman–Crippen MR) is 75.5 cm³/mol. The van der Waals surface area contributed by atoms with Crippen LogP contribution in [-0.4, -0.2) is 17.8 Å². The minimum absolute atomic E-state index is 0.0221. The monoisotopic (exact) mass is 313 g/mol.